The van der Waals surface area contributed by atoms with E-state index in [4.69, 9.17) is 11.6 Å². The Labute approximate surface area is 108 Å². The Morgan fingerprint density at radius 1 is 1.12 bits per heavy atom. The lowest BCUT2D eigenvalue weighted by Gasteiger charge is -2.20. The molecule has 1 unspecified atom stereocenters. The molecular weight excluding hydrogens is 232 g/mol. The quantitative estimate of drug-likeness (QED) is 0.866. The Morgan fingerprint density at radius 2 is 1.94 bits per heavy atom. The molecule has 0 radical (unpaired) electrons. The first kappa shape index (κ1) is 11.4. The van der Waals surface area contributed by atoms with E-state index in [1.165, 1.54) is 50.0 Å². The van der Waals surface area contributed by atoms with E-state index in [0.29, 0.717) is 6.04 Å². The van der Waals surface area contributed by atoms with Gasteiger partial charge in [0.05, 0.1) is 0 Å². The highest BCUT2D eigenvalue weighted by Crippen LogP contribution is 2.31. The summed E-state index contributed by atoms with van der Waals surface area (Å²) in [5.41, 5.74) is 2.66. The molecule has 0 aromatic heterocycles. The molecule has 3 rings (SSSR count). The molecule has 2 heterocycles. The van der Waals surface area contributed by atoms with Crippen LogP contribution in [0.4, 0.5) is 5.69 Å². The van der Waals surface area contributed by atoms with Crippen LogP contribution in [0.25, 0.3) is 0 Å². The van der Waals surface area contributed by atoms with Gasteiger partial charge in [-0.1, -0.05) is 11.6 Å². The molecular formula is C14H19ClN2. The number of anilines is 1. The summed E-state index contributed by atoms with van der Waals surface area (Å²) in [6.45, 7) is 3.49. The number of hydrogen-bond donors (Lipinski definition) is 1. The van der Waals surface area contributed by atoms with Gasteiger partial charge in [-0.3, -0.25) is 0 Å². The number of hydrogen-bond acceptors (Lipinski definition) is 2. The van der Waals surface area contributed by atoms with Gasteiger partial charge in [0.1, 0.15) is 0 Å². The third-order valence-corrected chi connectivity index (χ3v) is 4.06. The molecule has 17 heavy (non-hydrogen) atoms. The third kappa shape index (κ3) is 2.43. The summed E-state index contributed by atoms with van der Waals surface area (Å²) in [4.78, 5) is 2.45. The highest BCUT2D eigenvalue weighted by atomic mass is 35.5. The van der Waals surface area contributed by atoms with Gasteiger partial charge in [0.2, 0.25) is 0 Å². The predicted octanol–water partition coefficient (Wildman–Crippen LogP) is 3.36. The van der Waals surface area contributed by atoms with Gasteiger partial charge in [-0.15, -0.1) is 0 Å². The van der Waals surface area contributed by atoms with Crippen molar-refractivity contribution in [1.82, 2.24) is 5.32 Å². The summed E-state index contributed by atoms with van der Waals surface area (Å²) < 4.78 is 0. The minimum atomic E-state index is 0.509. The fourth-order valence-electron chi connectivity index (χ4n) is 2.92. The van der Waals surface area contributed by atoms with Crippen molar-refractivity contribution in [3.05, 3.63) is 28.8 Å². The van der Waals surface area contributed by atoms with Crippen molar-refractivity contribution < 1.29 is 0 Å². The van der Waals surface area contributed by atoms with E-state index in [1.807, 2.05) is 0 Å². The SMILES string of the molecule is Clc1cc(C2CCCN2)cc(N2CCCC2)c1. The van der Waals surface area contributed by atoms with Gasteiger partial charge in [0.25, 0.3) is 0 Å². The predicted molar refractivity (Wildman–Crippen MR) is 72.9 cm³/mol. The number of nitrogens with one attached hydrogen (secondary N) is 1. The number of benzene rings is 1. The van der Waals surface area contributed by atoms with Crippen LogP contribution >= 0.6 is 11.6 Å². The summed E-state index contributed by atoms with van der Waals surface area (Å²) in [6, 6.07) is 7.05. The van der Waals surface area contributed by atoms with E-state index < -0.39 is 0 Å². The summed E-state index contributed by atoms with van der Waals surface area (Å²) >= 11 is 6.25. The molecule has 2 fully saturated rings. The topological polar surface area (TPSA) is 15.3 Å². The van der Waals surface area contributed by atoms with Crippen LogP contribution in [0.1, 0.15) is 37.3 Å². The average Bonchev–Trinajstić information content (AvgIpc) is 3.02. The van der Waals surface area contributed by atoms with E-state index in [2.05, 4.69) is 28.4 Å². The summed E-state index contributed by atoms with van der Waals surface area (Å²) in [7, 11) is 0. The number of rotatable bonds is 2. The average molecular weight is 251 g/mol. The van der Waals surface area contributed by atoms with Crippen molar-refractivity contribution in [2.45, 2.75) is 31.7 Å². The van der Waals surface area contributed by atoms with Crippen molar-refractivity contribution in [2.24, 2.45) is 0 Å². The zero-order valence-corrected chi connectivity index (χ0v) is 10.8. The van der Waals surface area contributed by atoms with Crippen LogP contribution in [0.15, 0.2) is 18.2 Å². The Balaban J connectivity index is 1.88. The second-order valence-corrected chi connectivity index (χ2v) is 5.52. The fourth-order valence-corrected chi connectivity index (χ4v) is 3.16. The van der Waals surface area contributed by atoms with E-state index in [9.17, 15) is 0 Å². The van der Waals surface area contributed by atoms with Crippen molar-refractivity contribution in [3.8, 4) is 0 Å². The molecule has 2 saturated heterocycles. The van der Waals surface area contributed by atoms with Crippen LogP contribution in [-0.4, -0.2) is 19.6 Å². The van der Waals surface area contributed by atoms with E-state index in [0.717, 1.165) is 11.6 Å². The van der Waals surface area contributed by atoms with Crippen LogP contribution in [-0.2, 0) is 0 Å². The number of nitrogens with zero attached hydrogens (tertiary/aromatic N) is 1. The maximum absolute atomic E-state index is 6.25. The van der Waals surface area contributed by atoms with Gasteiger partial charge in [-0.25, -0.2) is 0 Å². The molecule has 0 aliphatic carbocycles. The summed E-state index contributed by atoms with van der Waals surface area (Å²) in [6.07, 6.45) is 5.13. The van der Waals surface area contributed by atoms with Crippen LogP contribution < -0.4 is 10.2 Å². The van der Waals surface area contributed by atoms with Crippen molar-refractivity contribution in [1.29, 1.82) is 0 Å². The van der Waals surface area contributed by atoms with Gasteiger partial charge >= 0.3 is 0 Å². The Bertz CT molecular complexity index is 359. The molecule has 0 spiro atoms. The second-order valence-electron chi connectivity index (χ2n) is 5.09. The molecule has 1 aromatic carbocycles. The fraction of sp³-hybridized carbons (Fsp3) is 0.571. The maximum Gasteiger partial charge on any atom is 0.0429 e. The molecule has 2 aliphatic rings. The van der Waals surface area contributed by atoms with Crippen LogP contribution in [0.2, 0.25) is 5.02 Å². The molecule has 0 amide bonds. The lowest BCUT2D eigenvalue weighted by molar-refractivity contribution is 0.647. The Hall–Kier alpha value is -0.730. The van der Waals surface area contributed by atoms with Crippen LogP contribution in [0, 0.1) is 0 Å². The zero-order valence-electron chi connectivity index (χ0n) is 10.1. The summed E-state index contributed by atoms with van der Waals surface area (Å²) in [5.74, 6) is 0. The largest absolute Gasteiger partial charge is 0.371 e. The lowest BCUT2D eigenvalue weighted by Crippen LogP contribution is -2.19. The first-order chi connectivity index (χ1) is 8.33. The number of halogens is 1. The second kappa shape index (κ2) is 4.87. The molecule has 2 aliphatic heterocycles. The van der Waals surface area contributed by atoms with Gasteiger partial charge < -0.3 is 10.2 Å². The minimum absolute atomic E-state index is 0.509. The van der Waals surface area contributed by atoms with Gasteiger partial charge in [0, 0.05) is 29.8 Å². The van der Waals surface area contributed by atoms with E-state index >= 15 is 0 Å². The molecule has 1 aromatic rings. The molecule has 3 heteroatoms. The monoisotopic (exact) mass is 250 g/mol. The molecule has 2 nitrogen and oxygen atoms in total. The molecule has 92 valence electrons. The minimum Gasteiger partial charge on any atom is -0.371 e. The zero-order chi connectivity index (χ0) is 11.7. The molecule has 0 saturated carbocycles. The van der Waals surface area contributed by atoms with Gasteiger partial charge in [-0.05, 0) is 56.0 Å². The molecule has 0 bridgehead atoms. The Kier molecular flexibility index (Phi) is 3.26. The molecule has 1 N–H and O–H groups in total. The van der Waals surface area contributed by atoms with E-state index in [1.54, 1.807) is 0 Å². The van der Waals surface area contributed by atoms with Gasteiger partial charge in [0.15, 0.2) is 0 Å². The van der Waals surface area contributed by atoms with Crippen LogP contribution in [0.3, 0.4) is 0 Å². The normalized spacial score (nSPS) is 24.5. The molecule has 1 atom stereocenters. The highest BCUT2D eigenvalue weighted by molar-refractivity contribution is 6.30. The maximum atomic E-state index is 6.25. The van der Waals surface area contributed by atoms with Crippen molar-refractivity contribution in [2.75, 3.05) is 24.5 Å². The summed E-state index contributed by atoms with van der Waals surface area (Å²) in [5, 5.41) is 4.41. The third-order valence-electron chi connectivity index (χ3n) is 3.84. The van der Waals surface area contributed by atoms with Crippen LogP contribution in [0.5, 0.6) is 0 Å². The first-order valence-corrected chi connectivity index (χ1v) is 6.99. The van der Waals surface area contributed by atoms with Crippen molar-refractivity contribution >= 4 is 17.3 Å². The lowest BCUT2D eigenvalue weighted by atomic mass is 10.0. The van der Waals surface area contributed by atoms with Gasteiger partial charge in [-0.2, -0.15) is 0 Å². The smallest absolute Gasteiger partial charge is 0.0429 e. The van der Waals surface area contributed by atoms with E-state index in [-0.39, 0.29) is 0 Å². The Morgan fingerprint density at radius 3 is 2.65 bits per heavy atom. The standard InChI is InChI=1S/C14H19ClN2/c15-12-8-11(14-4-3-5-16-14)9-13(10-12)17-6-1-2-7-17/h8-10,14,16H,1-7H2. The highest BCUT2D eigenvalue weighted by Gasteiger charge is 2.19. The first-order valence-electron chi connectivity index (χ1n) is 6.62. The van der Waals surface area contributed by atoms with Crippen molar-refractivity contribution in [3.63, 3.8) is 0 Å².